The van der Waals surface area contributed by atoms with E-state index in [0.29, 0.717) is 27.1 Å². The fourth-order valence-electron chi connectivity index (χ4n) is 2.57. The molecule has 0 aliphatic carbocycles. The predicted octanol–water partition coefficient (Wildman–Crippen LogP) is 6.42. The number of nitrogens with zero attached hydrogens (tertiary/aromatic N) is 3. The molecule has 0 fully saturated rings. The third-order valence-corrected chi connectivity index (χ3v) is 5.34. The molecule has 0 radical (unpaired) electrons. The van der Waals surface area contributed by atoms with Crippen LogP contribution < -0.4 is 0 Å². The predicted molar refractivity (Wildman–Crippen MR) is 110 cm³/mol. The van der Waals surface area contributed by atoms with Gasteiger partial charge >= 0.3 is 0 Å². The Morgan fingerprint density at radius 1 is 0.778 bits per heavy atom. The fraction of sp³-hybridized carbons (Fsp3) is 0.211. The summed E-state index contributed by atoms with van der Waals surface area (Å²) in [6, 6.07) is 8.84. The number of unbranched alkanes of at least 4 members (excludes halogenated alkanes) is 1. The van der Waals surface area contributed by atoms with Gasteiger partial charge in [0.25, 0.3) is 0 Å². The molecule has 4 nitrogen and oxygen atoms in total. The van der Waals surface area contributed by atoms with Crippen molar-refractivity contribution in [2.75, 3.05) is 0 Å². The molecule has 0 unspecified atom stereocenters. The molecule has 1 heterocycles. The van der Waals surface area contributed by atoms with E-state index in [0.717, 1.165) is 31.2 Å². The minimum Gasteiger partial charge on any atom is -0.505 e. The van der Waals surface area contributed by atoms with E-state index in [4.69, 9.17) is 46.4 Å². The largest absolute Gasteiger partial charge is 0.505 e. The van der Waals surface area contributed by atoms with E-state index >= 15 is 0 Å². The summed E-state index contributed by atoms with van der Waals surface area (Å²) in [4.78, 5) is 4.35. The fourth-order valence-corrected chi connectivity index (χ4v) is 3.37. The third-order valence-electron chi connectivity index (χ3n) is 4.02. The highest BCUT2D eigenvalue weighted by Gasteiger charge is 2.10. The molecule has 0 amide bonds. The van der Waals surface area contributed by atoms with Crippen LogP contribution in [0.5, 0.6) is 5.75 Å². The van der Waals surface area contributed by atoms with Crippen LogP contribution >= 0.6 is 46.4 Å². The zero-order chi connectivity index (χ0) is 19.4. The average Bonchev–Trinajstić information content (AvgIpc) is 2.66. The molecule has 0 aliphatic rings. The number of aromatic hydroxyl groups is 1. The molecule has 0 spiro atoms. The Bertz CT molecular complexity index is 925. The number of hydrogen-bond acceptors (Lipinski definition) is 4. The number of aryl methyl sites for hydroxylation is 2. The van der Waals surface area contributed by atoms with E-state index in [-0.39, 0.29) is 15.8 Å². The molecule has 0 saturated carbocycles. The van der Waals surface area contributed by atoms with Crippen molar-refractivity contribution < 1.29 is 5.11 Å². The van der Waals surface area contributed by atoms with Gasteiger partial charge in [-0.2, -0.15) is 0 Å². The first-order chi connectivity index (χ1) is 12.9. The molecule has 0 saturated heterocycles. The van der Waals surface area contributed by atoms with Crippen molar-refractivity contribution in [3.05, 3.63) is 68.0 Å². The van der Waals surface area contributed by atoms with Crippen LogP contribution in [0.1, 0.15) is 24.2 Å². The number of phenolic OH excluding ortho intramolecular Hbond substituents is 1. The normalized spacial score (nSPS) is 11.0. The maximum atomic E-state index is 9.62. The number of rotatable bonds is 6. The number of benzene rings is 2. The van der Waals surface area contributed by atoms with Gasteiger partial charge in [0.05, 0.1) is 26.3 Å². The first kappa shape index (κ1) is 20.2. The molecular formula is C19H15Cl4N3O. The molecule has 0 atom stereocenters. The lowest BCUT2D eigenvalue weighted by Gasteiger charge is -2.06. The number of hydrogen-bond donors (Lipinski definition) is 1. The van der Waals surface area contributed by atoms with Crippen LogP contribution in [0.25, 0.3) is 11.3 Å². The van der Waals surface area contributed by atoms with Crippen LogP contribution in [0.15, 0.2) is 36.5 Å². The van der Waals surface area contributed by atoms with Crippen LogP contribution in [0, 0.1) is 0 Å². The van der Waals surface area contributed by atoms with Gasteiger partial charge in [0.2, 0.25) is 0 Å². The van der Waals surface area contributed by atoms with E-state index < -0.39 is 0 Å². The highest BCUT2D eigenvalue weighted by molar-refractivity contribution is 6.42. The van der Waals surface area contributed by atoms with Crippen molar-refractivity contribution in [1.82, 2.24) is 15.2 Å². The van der Waals surface area contributed by atoms with Crippen molar-refractivity contribution >= 4 is 46.4 Å². The summed E-state index contributed by atoms with van der Waals surface area (Å²) in [6.45, 7) is 0. The Kier molecular flexibility index (Phi) is 6.77. The molecule has 2 aromatic carbocycles. The Morgan fingerprint density at radius 3 is 2.11 bits per heavy atom. The molecule has 1 N–H and O–H groups in total. The smallest absolute Gasteiger partial charge is 0.152 e. The van der Waals surface area contributed by atoms with E-state index in [1.807, 2.05) is 18.2 Å². The Labute approximate surface area is 177 Å². The van der Waals surface area contributed by atoms with Crippen molar-refractivity contribution in [2.45, 2.75) is 25.7 Å². The lowest BCUT2D eigenvalue weighted by molar-refractivity contribution is 0.476. The first-order valence-corrected chi connectivity index (χ1v) is 9.76. The SMILES string of the molecule is Oc1c(Cl)cc(-c2cnc(CCCCc3ccc(Cl)c(Cl)c3)nn2)cc1Cl. The van der Waals surface area contributed by atoms with E-state index in [9.17, 15) is 5.11 Å². The van der Waals surface area contributed by atoms with Crippen molar-refractivity contribution in [3.8, 4) is 17.0 Å². The van der Waals surface area contributed by atoms with Crippen LogP contribution in [-0.4, -0.2) is 20.3 Å². The summed E-state index contributed by atoms with van der Waals surface area (Å²) >= 11 is 23.8. The van der Waals surface area contributed by atoms with Gasteiger partial charge in [0, 0.05) is 12.0 Å². The molecule has 27 heavy (non-hydrogen) atoms. The molecule has 0 aliphatic heterocycles. The van der Waals surface area contributed by atoms with Gasteiger partial charge in [0.15, 0.2) is 11.6 Å². The summed E-state index contributed by atoms with van der Waals surface area (Å²) in [6.07, 6.45) is 5.17. The molecule has 8 heteroatoms. The van der Waals surface area contributed by atoms with E-state index in [1.54, 1.807) is 18.3 Å². The van der Waals surface area contributed by atoms with Crippen LogP contribution in [0.2, 0.25) is 20.1 Å². The van der Waals surface area contributed by atoms with Gasteiger partial charge in [-0.25, -0.2) is 4.98 Å². The highest BCUT2D eigenvalue weighted by atomic mass is 35.5. The Morgan fingerprint density at radius 2 is 1.48 bits per heavy atom. The minimum atomic E-state index is -0.151. The topological polar surface area (TPSA) is 58.9 Å². The molecule has 0 bridgehead atoms. The summed E-state index contributed by atoms with van der Waals surface area (Å²) in [7, 11) is 0. The number of aromatic nitrogens is 3. The van der Waals surface area contributed by atoms with Crippen molar-refractivity contribution in [1.29, 1.82) is 0 Å². The zero-order valence-corrected chi connectivity index (χ0v) is 17.1. The maximum Gasteiger partial charge on any atom is 0.152 e. The second-order valence-electron chi connectivity index (χ2n) is 6.00. The summed E-state index contributed by atoms with van der Waals surface area (Å²) in [5.41, 5.74) is 2.34. The van der Waals surface area contributed by atoms with Crippen molar-refractivity contribution in [3.63, 3.8) is 0 Å². The Balaban J connectivity index is 1.55. The summed E-state index contributed by atoms with van der Waals surface area (Å²) in [5.74, 6) is 0.519. The zero-order valence-electron chi connectivity index (χ0n) is 14.1. The number of phenols is 1. The standard InChI is InChI=1S/C19H15Cl4N3O/c20-13-6-5-11(7-14(13)21)3-1-2-4-18-24-10-17(25-26-18)12-8-15(22)19(27)16(23)9-12/h5-10,27H,1-4H2. The molecule has 140 valence electrons. The molecule has 3 rings (SSSR count). The second-order valence-corrected chi connectivity index (χ2v) is 7.63. The van der Waals surface area contributed by atoms with Gasteiger partial charge in [-0.15, -0.1) is 10.2 Å². The van der Waals surface area contributed by atoms with Gasteiger partial charge in [0.1, 0.15) is 5.69 Å². The monoisotopic (exact) mass is 441 g/mol. The Hall–Kier alpha value is -1.59. The average molecular weight is 443 g/mol. The van der Waals surface area contributed by atoms with Crippen molar-refractivity contribution in [2.24, 2.45) is 0 Å². The molecule has 3 aromatic rings. The second kappa shape index (κ2) is 9.07. The highest BCUT2D eigenvalue weighted by Crippen LogP contribution is 2.35. The van der Waals surface area contributed by atoms with Gasteiger partial charge in [-0.3, -0.25) is 0 Å². The third kappa shape index (κ3) is 5.23. The van der Waals surface area contributed by atoms with Gasteiger partial charge in [-0.05, 0) is 49.1 Å². The summed E-state index contributed by atoms with van der Waals surface area (Å²) < 4.78 is 0. The van der Waals surface area contributed by atoms with E-state index in [1.165, 1.54) is 0 Å². The van der Waals surface area contributed by atoms with Crippen LogP contribution in [0.4, 0.5) is 0 Å². The lowest BCUT2D eigenvalue weighted by Crippen LogP contribution is -1.99. The van der Waals surface area contributed by atoms with Gasteiger partial charge in [-0.1, -0.05) is 52.5 Å². The van der Waals surface area contributed by atoms with Crippen LogP contribution in [0.3, 0.4) is 0 Å². The molecular weight excluding hydrogens is 428 g/mol. The quantitative estimate of drug-likeness (QED) is 0.447. The lowest BCUT2D eigenvalue weighted by atomic mass is 10.1. The molecule has 1 aromatic heterocycles. The van der Waals surface area contributed by atoms with Gasteiger partial charge < -0.3 is 5.11 Å². The summed E-state index contributed by atoms with van der Waals surface area (Å²) in [5, 5.41) is 19.4. The van der Waals surface area contributed by atoms with Crippen LogP contribution in [-0.2, 0) is 12.8 Å². The minimum absolute atomic E-state index is 0.151. The van der Waals surface area contributed by atoms with E-state index in [2.05, 4.69) is 15.2 Å². The number of halogens is 4. The first-order valence-electron chi connectivity index (χ1n) is 8.25. The maximum absolute atomic E-state index is 9.62.